The second-order valence-electron chi connectivity index (χ2n) is 5.57. The van der Waals surface area contributed by atoms with Crippen molar-refractivity contribution in [2.24, 2.45) is 5.41 Å². The molecule has 1 aliphatic heterocycles. The largest absolute Gasteiger partial charge is 0.468 e. The van der Waals surface area contributed by atoms with Crippen molar-refractivity contribution in [3.8, 4) is 0 Å². The van der Waals surface area contributed by atoms with E-state index in [4.69, 9.17) is 4.74 Å². The summed E-state index contributed by atoms with van der Waals surface area (Å²) >= 11 is 3.26. The molecule has 1 saturated carbocycles. The number of aromatic nitrogens is 1. The smallest absolute Gasteiger partial charge is 0.318 e. The van der Waals surface area contributed by atoms with Gasteiger partial charge in [-0.15, -0.1) is 0 Å². The zero-order valence-corrected chi connectivity index (χ0v) is 12.8. The molecule has 1 aromatic heterocycles. The molecule has 2 fully saturated rings. The fourth-order valence-electron chi connectivity index (χ4n) is 3.58. The first-order valence-electron chi connectivity index (χ1n) is 6.67. The van der Waals surface area contributed by atoms with Crippen LogP contribution in [0.5, 0.6) is 0 Å². The fraction of sp³-hybridized carbons (Fsp3) is 0.571. The zero-order chi connectivity index (χ0) is 14.4. The monoisotopic (exact) mass is 342 g/mol. The summed E-state index contributed by atoms with van der Waals surface area (Å²) in [5.74, 6) is -0.807. The number of nitrogens with zero attached hydrogens (tertiary/aromatic N) is 1. The maximum Gasteiger partial charge on any atom is 0.318 e. The summed E-state index contributed by atoms with van der Waals surface area (Å²) in [6.45, 7) is 1.68. The van der Waals surface area contributed by atoms with E-state index < -0.39 is 11.2 Å². The SMILES string of the molecule is COC(=O)C1(c2nc(Br)ccc2F)CC12CCNCC2. The average Bonchev–Trinajstić information content (AvgIpc) is 3.10. The molecule has 2 aliphatic rings. The number of methoxy groups -OCH3 is 1. The van der Waals surface area contributed by atoms with Gasteiger partial charge >= 0.3 is 5.97 Å². The number of halogens is 2. The molecule has 1 atom stereocenters. The summed E-state index contributed by atoms with van der Waals surface area (Å²) in [6, 6.07) is 2.89. The molecule has 1 N–H and O–H groups in total. The molecule has 2 heterocycles. The Labute approximate surface area is 125 Å². The lowest BCUT2D eigenvalue weighted by atomic mass is 9.82. The molecule has 108 valence electrons. The molecular weight excluding hydrogens is 327 g/mol. The van der Waals surface area contributed by atoms with Crippen LogP contribution in [0, 0.1) is 11.2 Å². The molecular formula is C14H16BrFN2O2. The predicted molar refractivity (Wildman–Crippen MR) is 74.7 cm³/mol. The molecule has 3 rings (SSSR count). The van der Waals surface area contributed by atoms with Crippen molar-refractivity contribution >= 4 is 21.9 Å². The van der Waals surface area contributed by atoms with Gasteiger partial charge < -0.3 is 10.1 Å². The van der Waals surface area contributed by atoms with Crippen LogP contribution in [-0.2, 0) is 14.9 Å². The first-order chi connectivity index (χ1) is 9.56. The van der Waals surface area contributed by atoms with Crippen LogP contribution in [0.2, 0.25) is 0 Å². The molecule has 20 heavy (non-hydrogen) atoms. The Hall–Kier alpha value is -1.01. The average molecular weight is 343 g/mol. The molecule has 4 nitrogen and oxygen atoms in total. The van der Waals surface area contributed by atoms with Gasteiger partial charge in [-0.2, -0.15) is 0 Å². The summed E-state index contributed by atoms with van der Waals surface area (Å²) in [5.41, 5.74) is -0.904. The number of carbonyl (C=O) groups is 1. The molecule has 1 saturated heterocycles. The van der Waals surface area contributed by atoms with E-state index >= 15 is 0 Å². The quantitative estimate of drug-likeness (QED) is 0.661. The van der Waals surface area contributed by atoms with E-state index in [0.29, 0.717) is 11.0 Å². The highest BCUT2D eigenvalue weighted by Gasteiger charge is 2.74. The Bertz CT molecular complexity index is 560. The van der Waals surface area contributed by atoms with Gasteiger partial charge in [0.05, 0.1) is 12.8 Å². The third-order valence-electron chi connectivity index (χ3n) is 4.69. The van der Waals surface area contributed by atoms with Crippen molar-refractivity contribution in [1.82, 2.24) is 10.3 Å². The van der Waals surface area contributed by atoms with Gasteiger partial charge in [-0.1, -0.05) is 0 Å². The van der Waals surface area contributed by atoms with Gasteiger partial charge in [-0.3, -0.25) is 4.79 Å². The van der Waals surface area contributed by atoms with Crippen LogP contribution >= 0.6 is 15.9 Å². The molecule has 0 aromatic carbocycles. The summed E-state index contributed by atoms with van der Waals surface area (Å²) in [6.07, 6.45) is 2.31. The van der Waals surface area contributed by atoms with Crippen molar-refractivity contribution in [3.05, 3.63) is 28.2 Å². The van der Waals surface area contributed by atoms with Crippen molar-refractivity contribution in [2.75, 3.05) is 20.2 Å². The molecule has 1 aliphatic carbocycles. The summed E-state index contributed by atoms with van der Waals surface area (Å²) in [4.78, 5) is 16.6. The van der Waals surface area contributed by atoms with E-state index in [1.165, 1.54) is 13.2 Å². The Morgan fingerprint density at radius 3 is 2.80 bits per heavy atom. The van der Waals surface area contributed by atoms with Crippen LogP contribution < -0.4 is 5.32 Å². The minimum Gasteiger partial charge on any atom is -0.468 e. The van der Waals surface area contributed by atoms with Crippen molar-refractivity contribution in [1.29, 1.82) is 0 Å². The number of ether oxygens (including phenoxy) is 1. The number of esters is 1. The van der Waals surface area contributed by atoms with Crippen LogP contribution in [0.4, 0.5) is 4.39 Å². The highest BCUT2D eigenvalue weighted by Crippen LogP contribution is 2.69. The van der Waals surface area contributed by atoms with Gasteiger partial charge in [0.1, 0.15) is 15.8 Å². The van der Waals surface area contributed by atoms with Gasteiger partial charge in [-0.05, 0) is 65.8 Å². The van der Waals surface area contributed by atoms with E-state index in [1.54, 1.807) is 6.07 Å². The minimum atomic E-state index is -0.919. The first-order valence-corrected chi connectivity index (χ1v) is 7.47. The third kappa shape index (κ3) is 1.81. The standard InChI is InChI=1S/C14H16BrFN2O2/c1-20-12(19)14(8-13(14)4-6-17-7-5-13)11-9(16)2-3-10(15)18-11/h2-3,17H,4-8H2,1H3. The Kier molecular flexibility index (Phi) is 3.33. The van der Waals surface area contributed by atoms with Gasteiger partial charge in [-0.25, -0.2) is 9.37 Å². The first kappa shape index (κ1) is 13.9. The minimum absolute atomic E-state index is 0.208. The van der Waals surface area contributed by atoms with Crippen LogP contribution in [0.25, 0.3) is 0 Å². The predicted octanol–water partition coefficient (Wildman–Crippen LogP) is 2.17. The number of carbonyl (C=O) groups excluding carboxylic acids is 1. The van der Waals surface area contributed by atoms with Crippen LogP contribution in [0.3, 0.4) is 0 Å². The maximum absolute atomic E-state index is 14.2. The van der Waals surface area contributed by atoms with Gasteiger partial charge in [0.15, 0.2) is 0 Å². The van der Waals surface area contributed by atoms with Gasteiger partial charge in [0.2, 0.25) is 0 Å². The molecule has 1 unspecified atom stereocenters. The van der Waals surface area contributed by atoms with Crippen molar-refractivity contribution in [2.45, 2.75) is 24.7 Å². The topological polar surface area (TPSA) is 51.2 Å². The van der Waals surface area contributed by atoms with Gasteiger partial charge in [0, 0.05) is 0 Å². The number of hydrogen-bond acceptors (Lipinski definition) is 4. The van der Waals surface area contributed by atoms with Crippen molar-refractivity contribution < 1.29 is 13.9 Å². The highest BCUT2D eigenvalue weighted by atomic mass is 79.9. The second-order valence-corrected chi connectivity index (χ2v) is 6.38. The van der Waals surface area contributed by atoms with E-state index in [9.17, 15) is 9.18 Å². The lowest BCUT2D eigenvalue weighted by Crippen LogP contribution is -2.38. The third-order valence-corrected chi connectivity index (χ3v) is 5.14. The van der Waals surface area contributed by atoms with E-state index in [0.717, 1.165) is 25.9 Å². The molecule has 6 heteroatoms. The number of nitrogens with one attached hydrogen (secondary N) is 1. The Morgan fingerprint density at radius 2 is 2.15 bits per heavy atom. The molecule has 0 radical (unpaired) electrons. The highest BCUT2D eigenvalue weighted by molar-refractivity contribution is 9.10. The molecule has 1 spiro atoms. The number of pyridine rings is 1. The Balaban J connectivity index is 2.09. The lowest BCUT2D eigenvalue weighted by molar-refractivity contribution is -0.145. The number of rotatable bonds is 2. The van der Waals surface area contributed by atoms with Crippen LogP contribution in [0.1, 0.15) is 25.0 Å². The van der Waals surface area contributed by atoms with Gasteiger partial charge in [0.25, 0.3) is 0 Å². The fourth-order valence-corrected chi connectivity index (χ4v) is 3.89. The van der Waals surface area contributed by atoms with Crippen molar-refractivity contribution in [3.63, 3.8) is 0 Å². The van der Waals surface area contributed by atoms with E-state index in [1.807, 2.05) is 0 Å². The summed E-state index contributed by atoms with van der Waals surface area (Å²) in [5, 5.41) is 3.28. The van der Waals surface area contributed by atoms with E-state index in [2.05, 4.69) is 26.2 Å². The number of piperidine rings is 1. The Morgan fingerprint density at radius 1 is 1.45 bits per heavy atom. The summed E-state index contributed by atoms with van der Waals surface area (Å²) in [7, 11) is 1.35. The number of hydrogen-bond donors (Lipinski definition) is 1. The molecule has 0 bridgehead atoms. The molecule has 0 amide bonds. The zero-order valence-electron chi connectivity index (χ0n) is 11.2. The van der Waals surface area contributed by atoms with Crippen LogP contribution in [-0.4, -0.2) is 31.2 Å². The normalized spacial score (nSPS) is 27.4. The van der Waals surface area contributed by atoms with Crippen LogP contribution in [0.15, 0.2) is 16.7 Å². The van der Waals surface area contributed by atoms with E-state index in [-0.39, 0.29) is 17.1 Å². The maximum atomic E-state index is 14.2. The second kappa shape index (κ2) is 4.77. The summed E-state index contributed by atoms with van der Waals surface area (Å²) < 4.78 is 19.7. The lowest BCUT2D eigenvalue weighted by Gasteiger charge is -2.28. The molecule has 1 aromatic rings.